The maximum absolute atomic E-state index is 11.5. The first kappa shape index (κ1) is 13.5. The predicted molar refractivity (Wildman–Crippen MR) is 71.6 cm³/mol. The molecular formula is C15H21NO. The highest BCUT2D eigenvalue weighted by atomic mass is 16.1. The van der Waals surface area contributed by atoms with Crippen molar-refractivity contribution in [2.45, 2.75) is 39.2 Å². The van der Waals surface area contributed by atoms with Gasteiger partial charge in [-0.2, -0.15) is 0 Å². The van der Waals surface area contributed by atoms with Gasteiger partial charge >= 0.3 is 0 Å². The zero-order chi connectivity index (χ0) is 12.3. The largest absolute Gasteiger partial charge is 0.348 e. The summed E-state index contributed by atoms with van der Waals surface area (Å²) in [5.41, 5.74) is 1.13. The second-order valence-corrected chi connectivity index (χ2v) is 4.10. The van der Waals surface area contributed by atoms with Gasteiger partial charge in [0.05, 0.1) is 0 Å². The Bertz CT molecular complexity index is 343. The van der Waals surface area contributed by atoms with Crippen molar-refractivity contribution in [1.82, 2.24) is 5.32 Å². The lowest BCUT2D eigenvalue weighted by molar-refractivity contribution is -0.116. The molecule has 1 amide bonds. The van der Waals surface area contributed by atoms with Gasteiger partial charge in [-0.1, -0.05) is 56.2 Å². The number of carbonyl (C=O) groups is 1. The topological polar surface area (TPSA) is 29.1 Å². The Labute approximate surface area is 104 Å². The van der Waals surface area contributed by atoms with Gasteiger partial charge in [0, 0.05) is 6.54 Å². The van der Waals surface area contributed by atoms with Gasteiger partial charge in [-0.05, 0) is 24.5 Å². The molecule has 0 fully saturated rings. The number of amides is 1. The first-order valence-corrected chi connectivity index (χ1v) is 6.31. The van der Waals surface area contributed by atoms with Crippen LogP contribution in [-0.4, -0.2) is 5.91 Å². The smallest absolute Gasteiger partial charge is 0.243 e. The second-order valence-electron chi connectivity index (χ2n) is 4.10. The van der Waals surface area contributed by atoms with Crippen molar-refractivity contribution in [2.24, 2.45) is 0 Å². The molecule has 0 bridgehead atoms. The molecule has 1 aromatic rings. The number of carbonyl (C=O) groups excluding carboxylic acids is 1. The molecule has 0 aliphatic carbocycles. The monoisotopic (exact) mass is 231 g/mol. The number of benzene rings is 1. The molecule has 2 heteroatoms. The van der Waals surface area contributed by atoms with Gasteiger partial charge in [0.2, 0.25) is 5.91 Å². The molecule has 0 aliphatic rings. The quantitative estimate of drug-likeness (QED) is 0.565. The summed E-state index contributed by atoms with van der Waals surface area (Å²) in [5.74, 6) is -0.00893. The van der Waals surface area contributed by atoms with E-state index in [9.17, 15) is 4.79 Å². The van der Waals surface area contributed by atoms with Crippen molar-refractivity contribution in [2.75, 3.05) is 0 Å². The summed E-state index contributed by atoms with van der Waals surface area (Å²) >= 11 is 0. The molecule has 0 saturated carbocycles. The van der Waals surface area contributed by atoms with E-state index < -0.39 is 0 Å². The highest BCUT2D eigenvalue weighted by Gasteiger charge is 1.95. The summed E-state index contributed by atoms with van der Waals surface area (Å²) in [5, 5.41) is 2.86. The van der Waals surface area contributed by atoms with Crippen molar-refractivity contribution in [3.8, 4) is 0 Å². The minimum Gasteiger partial charge on any atom is -0.348 e. The second kappa shape index (κ2) is 8.57. The number of nitrogens with one attached hydrogen (secondary N) is 1. The van der Waals surface area contributed by atoms with Crippen LogP contribution in [0.15, 0.2) is 42.5 Å². The van der Waals surface area contributed by atoms with Crippen molar-refractivity contribution >= 4 is 5.91 Å². The lowest BCUT2D eigenvalue weighted by Crippen LogP contribution is -2.20. The van der Waals surface area contributed by atoms with Crippen molar-refractivity contribution in [1.29, 1.82) is 0 Å². The zero-order valence-corrected chi connectivity index (χ0v) is 10.5. The van der Waals surface area contributed by atoms with E-state index >= 15 is 0 Å². The van der Waals surface area contributed by atoms with Gasteiger partial charge in [0.1, 0.15) is 0 Å². The first-order valence-electron chi connectivity index (χ1n) is 6.31. The molecule has 1 rings (SSSR count). The fraction of sp³-hybridized carbons (Fsp3) is 0.400. The molecule has 92 valence electrons. The molecule has 0 aliphatic heterocycles. The summed E-state index contributed by atoms with van der Waals surface area (Å²) in [6, 6.07) is 9.93. The van der Waals surface area contributed by atoms with Gasteiger partial charge in [0.15, 0.2) is 0 Å². The van der Waals surface area contributed by atoms with E-state index in [0.717, 1.165) is 12.0 Å². The van der Waals surface area contributed by atoms with Crippen molar-refractivity contribution in [3.05, 3.63) is 48.0 Å². The highest BCUT2D eigenvalue weighted by Crippen LogP contribution is 2.00. The first-order chi connectivity index (χ1) is 8.33. The third-order valence-corrected chi connectivity index (χ3v) is 2.55. The number of unbranched alkanes of at least 4 members (excludes halogenated alkanes) is 3. The molecule has 0 aromatic heterocycles. The number of hydrogen-bond donors (Lipinski definition) is 1. The normalized spacial score (nSPS) is 10.6. The van der Waals surface area contributed by atoms with Gasteiger partial charge in [-0.25, -0.2) is 0 Å². The summed E-state index contributed by atoms with van der Waals surface area (Å²) in [4.78, 5) is 11.5. The van der Waals surface area contributed by atoms with Crippen LogP contribution < -0.4 is 5.32 Å². The van der Waals surface area contributed by atoms with Crippen LogP contribution in [0.25, 0.3) is 0 Å². The predicted octanol–water partition coefficient (Wildman–Crippen LogP) is 3.44. The molecule has 1 aromatic carbocycles. The Balaban J connectivity index is 2.17. The van der Waals surface area contributed by atoms with Gasteiger partial charge in [0.25, 0.3) is 0 Å². The average molecular weight is 231 g/mol. The van der Waals surface area contributed by atoms with Crippen LogP contribution in [0.5, 0.6) is 0 Å². The SMILES string of the molecule is CCCCC/C=C/C(=O)NCc1ccccc1. The minimum atomic E-state index is -0.00893. The number of rotatable bonds is 7. The maximum Gasteiger partial charge on any atom is 0.243 e. The van der Waals surface area contributed by atoms with E-state index in [4.69, 9.17) is 0 Å². The summed E-state index contributed by atoms with van der Waals surface area (Å²) < 4.78 is 0. The summed E-state index contributed by atoms with van der Waals surface area (Å²) in [7, 11) is 0. The molecule has 0 saturated heterocycles. The Morgan fingerprint density at radius 2 is 2.00 bits per heavy atom. The highest BCUT2D eigenvalue weighted by molar-refractivity contribution is 5.87. The molecule has 17 heavy (non-hydrogen) atoms. The summed E-state index contributed by atoms with van der Waals surface area (Å²) in [6.45, 7) is 2.77. The van der Waals surface area contributed by atoms with Crippen LogP contribution in [0, 0.1) is 0 Å². The molecular weight excluding hydrogens is 210 g/mol. The molecule has 2 nitrogen and oxygen atoms in total. The maximum atomic E-state index is 11.5. The average Bonchev–Trinajstić information content (AvgIpc) is 2.37. The van der Waals surface area contributed by atoms with E-state index in [-0.39, 0.29) is 5.91 Å². The number of hydrogen-bond acceptors (Lipinski definition) is 1. The van der Waals surface area contributed by atoms with E-state index in [1.165, 1.54) is 19.3 Å². The molecule has 0 atom stereocenters. The third kappa shape index (κ3) is 6.56. The van der Waals surface area contributed by atoms with Crippen LogP contribution in [0.2, 0.25) is 0 Å². The Morgan fingerprint density at radius 3 is 2.71 bits per heavy atom. The molecule has 0 heterocycles. The van der Waals surface area contributed by atoms with Crippen molar-refractivity contribution < 1.29 is 4.79 Å². The van der Waals surface area contributed by atoms with Gasteiger partial charge in [-0.15, -0.1) is 0 Å². The molecule has 0 radical (unpaired) electrons. The van der Waals surface area contributed by atoms with Crippen LogP contribution >= 0.6 is 0 Å². The van der Waals surface area contributed by atoms with E-state index in [2.05, 4.69) is 12.2 Å². The van der Waals surface area contributed by atoms with Crippen LogP contribution in [0.1, 0.15) is 38.2 Å². The molecule has 1 N–H and O–H groups in total. The fourth-order valence-electron chi connectivity index (χ4n) is 1.55. The van der Waals surface area contributed by atoms with Crippen LogP contribution in [-0.2, 0) is 11.3 Å². The van der Waals surface area contributed by atoms with Crippen LogP contribution in [0.3, 0.4) is 0 Å². The lowest BCUT2D eigenvalue weighted by Gasteiger charge is -2.01. The van der Waals surface area contributed by atoms with Gasteiger partial charge in [-0.3, -0.25) is 4.79 Å². The van der Waals surface area contributed by atoms with E-state index in [0.29, 0.717) is 6.54 Å². The Kier molecular flexibility index (Phi) is 6.80. The zero-order valence-electron chi connectivity index (χ0n) is 10.5. The van der Waals surface area contributed by atoms with Crippen molar-refractivity contribution in [3.63, 3.8) is 0 Å². The van der Waals surface area contributed by atoms with E-state index in [1.54, 1.807) is 6.08 Å². The minimum absolute atomic E-state index is 0.00893. The standard InChI is InChI=1S/C15H21NO/c1-2-3-4-5-9-12-15(17)16-13-14-10-7-6-8-11-14/h6-12H,2-5,13H2,1H3,(H,16,17)/b12-9+. The molecule has 0 unspecified atom stereocenters. The van der Waals surface area contributed by atoms with E-state index in [1.807, 2.05) is 36.4 Å². The summed E-state index contributed by atoms with van der Waals surface area (Å²) in [6.07, 6.45) is 8.20. The van der Waals surface area contributed by atoms with Crippen LogP contribution in [0.4, 0.5) is 0 Å². The Hall–Kier alpha value is -1.57. The fourth-order valence-corrected chi connectivity index (χ4v) is 1.55. The lowest BCUT2D eigenvalue weighted by atomic mass is 10.2. The third-order valence-electron chi connectivity index (χ3n) is 2.55. The Morgan fingerprint density at radius 1 is 1.24 bits per heavy atom. The van der Waals surface area contributed by atoms with Gasteiger partial charge < -0.3 is 5.32 Å². The number of allylic oxidation sites excluding steroid dienone is 1. The molecule has 0 spiro atoms.